The molecule has 1 unspecified atom stereocenters. The van der Waals surface area contributed by atoms with Crippen LogP contribution < -0.4 is 0 Å². The summed E-state index contributed by atoms with van der Waals surface area (Å²) in [6, 6.07) is 25.8. The minimum atomic E-state index is -0.170. The highest BCUT2D eigenvalue weighted by atomic mass is 35.5. The van der Waals surface area contributed by atoms with Crippen LogP contribution in [0.15, 0.2) is 84.9 Å². The van der Waals surface area contributed by atoms with Gasteiger partial charge in [0, 0.05) is 17.6 Å². The van der Waals surface area contributed by atoms with Gasteiger partial charge in [-0.3, -0.25) is 4.79 Å². The summed E-state index contributed by atoms with van der Waals surface area (Å²) < 4.78 is 0. The fourth-order valence-electron chi connectivity index (χ4n) is 3.66. The predicted molar refractivity (Wildman–Crippen MR) is 111 cm³/mol. The van der Waals surface area contributed by atoms with Gasteiger partial charge >= 0.3 is 0 Å². The van der Waals surface area contributed by atoms with Crippen molar-refractivity contribution in [3.8, 4) is 0 Å². The number of benzene rings is 3. The van der Waals surface area contributed by atoms with E-state index in [-0.39, 0.29) is 11.9 Å². The second kappa shape index (κ2) is 7.81. The van der Waals surface area contributed by atoms with Crippen molar-refractivity contribution < 1.29 is 4.79 Å². The predicted octanol–water partition coefficient (Wildman–Crippen LogP) is 5.53. The second-order valence-electron chi connectivity index (χ2n) is 6.65. The zero-order valence-corrected chi connectivity index (χ0v) is 15.6. The summed E-state index contributed by atoms with van der Waals surface area (Å²) in [4.78, 5) is 15.0. The van der Waals surface area contributed by atoms with Crippen molar-refractivity contribution in [1.82, 2.24) is 4.90 Å². The van der Waals surface area contributed by atoms with E-state index in [1.54, 1.807) is 6.08 Å². The lowest BCUT2D eigenvalue weighted by Gasteiger charge is -2.37. The molecule has 0 saturated heterocycles. The molecule has 134 valence electrons. The Morgan fingerprint density at radius 3 is 2.33 bits per heavy atom. The minimum absolute atomic E-state index is 0.00160. The number of carbonyl (C=O) groups is 1. The van der Waals surface area contributed by atoms with Crippen molar-refractivity contribution in [2.75, 3.05) is 6.54 Å². The molecular formula is C24H20ClNO. The number of halogens is 1. The minimum Gasteiger partial charge on any atom is -0.328 e. The molecule has 1 amide bonds. The van der Waals surface area contributed by atoms with Crippen LogP contribution >= 0.6 is 11.6 Å². The van der Waals surface area contributed by atoms with Gasteiger partial charge in [0.05, 0.1) is 6.04 Å². The lowest BCUT2D eigenvalue weighted by Crippen LogP contribution is -2.39. The van der Waals surface area contributed by atoms with Gasteiger partial charge in [-0.25, -0.2) is 0 Å². The van der Waals surface area contributed by atoms with Crippen molar-refractivity contribution >= 4 is 23.6 Å². The highest BCUT2D eigenvalue weighted by Crippen LogP contribution is 2.38. The zero-order valence-electron chi connectivity index (χ0n) is 14.9. The fraction of sp³-hybridized carbons (Fsp3) is 0.125. The molecule has 0 spiro atoms. The molecule has 1 aliphatic heterocycles. The first-order valence-corrected chi connectivity index (χ1v) is 9.48. The van der Waals surface area contributed by atoms with E-state index < -0.39 is 0 Å². The number of amides is 1. The van der Waals surface area contributed by atoms with Gasteiger partial charge in [0.15, 0.2) is 0 Å². The summed E-state index contributed by atoms with van der Waals surface area (Å²) in [6.07, 6.45) is 4.38. The summed E-state index contributed by atoms with van der Waals surface area (Å²) in [6.45, 7) is 0.671. The van der Waals surface area contributed by atoms with Crippen LogP contribution in [-0.2, 0) is 11.2 Å². The van der Waals surface area contributed by atoms with Crippen LogP contribution in [0.1, 0.15) is 28.3 Å². The number of nitrogens with zero attached hydrogens (tertiary/aromatic N) is 1. The number of carbonyl (C=O) groups excluding carboxylic acids is 1. The number of hydrogen-bond donors (Lipinski definition) is 0. The maximum Gasteiger partial charge on any atom is 0.247 e. The average molecular weight is 374 g/mol. The molecule has 0 saturated carbocycles. The molecular weight excluding hydrogens is 354 g/mol. The van der Waals surface area contributed by atoms with Gasteiger partial charge in [-0.05, 0) is 40.8 Å². The standard InChI is InChI=1S/C24H20ClNO/c25-22-13-7-6-12-21(22)24-20-11-5-4-10-19(20)16-17-26(24)23(27)15-14-18-8-2-1-3-9-18/h1-15,24H,16-17H2. The summed E-state index contributed by atoms with van der Waals surface area (Å²) in [5.41, 5.74) is 4.40. The van der Waals surface area contributed by atoms with Crippen molar-refractivity contribution in [1.29, 1.82) is 0 Å². The molecule has 0 fully saturated rings. The number of fused-ring (bicyclic) bond motifs is 1. The molecule has 4 rings (SSSR count). The summed E-state index contributed by atoms with van der Waals surface area (Å²) >= 11 is 6.51. The van der Waals surface area contributed by atoms with Gasteiger partial charge in [0.1, 0.15) is 0 Å². The van der Waals surface area contributed by atoms with Crippen LogP contribution in [0.4, 0.5) is 0 Å². The van der Waals surface area contributed by atoms with Crippen LogP contribution in [0.2, 0.25) is 5.02 Å². The molecule has 1 aliphatic rings. The quantitative estimate of drug-likeness (QED) is 0.553. The van der Waals surface area contributed by atoms with E-state index in [1.165, 1.54) is 5.56 Å². The van der Waals surface area contributed by atoms with E-state index in [4.69, 9.17) is 11.6 Å². The molecule has 1 atom stereocenters. The van der Waals surface area contributed by atoms with E-state index in [1.807, 2.05) is 71.6 Å². The SMILES string of the molecule is O=C(C=Cc1ccccc1)N1CCc2ccccc2C1c1ccccc1Cl. The highest BCUT2D eigenvalue weighted by Gasteiger charge is 2.31. The lowest BCUT2D eigenvalue weighted by molar-refractivity contribution is -0.127. The Bertz CT molecular complexity index is 980. The monoisotopic (exact) mass is 373 g/mol. The van der Waals surface area contributed by atoms with Crippen LogP contribution in [0.3, 0.4) is 0 Å². The van der Waals surface area contributed by atoms with Gasteiger partial charge < -0.3 is 4.90 Å². The molecule has 0 aromatic heterocycles. The second-order valence-corrected chi connectivity index (χ2v) is 7.06. The smallest absolute Gasteiger partial charge is 0.247 e. The van der Waals surface area contributed by atoms with Crippen molar-refractivity contribution in [3.05, 3.63) is 112 Å². The molecule has 0 aliphatic carbocycles. The highest BCUT2D eigenvalue weighted by molar-refractivity contribution is 6.31. The number of hydrogen-bond acceptors (Lipinski definition) is 1. The molecule has 0 bridgehead atoms. The molecule has 3 aromatic rings. The van der Waals surface area contributed by atoms with E-state index in [0.717, 1.165) is 23.1 Å². The Morgan fingerprint density at radius 2 is 1.56 bits per heavy atom. The normalized spacial score (nSPS) is 16.3. The fourth-order valence-corrected chi connectivity index (χ4v) is 3.90. The topological polar surface area (TPSA) is 20.3 Å². The molecule has 3 aromatic carbocycles. The Labute approximate surface area is 164 Å². The van der Waals surface area contributed by atoms with E-state index in [0.29, 0.717) is 11.6 Å². The third kappa shape index (κ3) is 3.67. The Kier molecular flexibility index (Phi) is 5.08. The number of rotatable bonds is 3. The first-order chi connectivity index (χ1) is 13.2. The maximum absolute atomic E-state index is 13.1. The molecule has 1 heterocycles. The Hall–Kier alpha value is -2.84. The van der Waals surface area contributed by atoms with Crippen LogP contribution in [0.5, 0.6) is 0 Å². The summed E-state index contributed by atoms with van der Waals surface area (Å²) in [5.74, 6) is -0.00160. The van der Waals surface area contributed by atoms with Crippen LogP contribution in [0.25, 0.3) is 6.08 Å². The van der Waals surface area contributed by atoms with Gasteiger partial charge in [-0.1, -0.05) is 84.4 Å². The lowest BCUT2D eigenvalue weighted by atomic mass is 9.88. The largest absolute Gasteiger partial charge is 0.328 e. The molecule has 2 nitrogen and oxygen atoms in total. The van der Waals surface area contributed by atoms with Crippen LogP contribution in [-0.4, -0.2) is 17.4 Å². The third-order valence-corrected chi connectivity index (χ3v) is 5.33. The van der Waals surface area contributed by atoms with E-state index in [2.05, 4.69) is 18.2 Å². The van der Waals surface area contributed by atoms with Gasteiger partial charge in [0.25, 0.3) is 0 Å². The Balaban J connectivity index is 1.72. The van der Waals surface area contributed by atoms with Crippen molar-refractivity contribution in [2.45, 2.75) is 12.5 Å². The first kappa shape index (κ1) is 17.6. The summed E-state index contributed by atoms with van der Waals surface area (Å²) in [7, 11) is 0. The van der Waals surface area contributed by atoms with Gasteiger partial charge in [-0.15, -0.1) is 0 Å². The van der Waals surface area contributed by atoms with E-state index in [9.17, 15) is 4.79 Å². The Morgan fingerprint density at radius 1 is 0.889 bits per heavy atom. The molecule has 27 heavy (non-hydrogen) atoms. The molecule has 3 heteroatoms. The van der Waals surface area contributed by atoms with Gasteiger partial charge in [0.2, 0.25) is 5.91 Å². The van der Waals surface area contributed by atoms with Crippen molar-refractivity contribution in [3.63, 3.8) is 0 Å². The molecule has 0 N–H and O–H groups in total. The van der Waals surface area contributed by atoms with Gasteiger partial charge in [-0.2, -0.15) is 0 Å². The first-order valence-electron chi connectivity index (χ1n) is 9.10. The van der Waals surface area contributed by atoms with Crippen molar-refractivity contribution in [2.24, 2.45) is 0 Å². The molecule has 0 radical (unpaired) electrons. The maximum atomic E-state index is 13.1. The summed E-state index contributed by atoms with van der Waals surface area (Å²) in [5, 5.41) is 0.684. The third-order valence-electron chi connectivity index (χ3n) is 4.98. The van der Waals surface area contributed by atoms with Crippen LogP contribution in [0, 0.1) is 0 Å². The average Bonchev–Trinajstić information content (AvgIpc) is 2.72. The van der Waals surface area contributed by atoms with E-state index >= 15 is 0 Å². The zero-order chi connectivity index (χ0) is 18.6.